The Morgan fingerprint density at radius 2 is 2.00 bits per heavy atom. The smallest absolute Gasteiger partial charge is 0.341 e. The number of nitrogens with one attached hydrogen (secondary N) is 1. The normalized spacial score (nSPS) is 10.7. The van der Waals surface area contributed by atoms with E-state index in [1.165, 1.54) is 13.3 Å². The number of benzene rings is 1. The number of carbonyl (C=O) groups excluding carboxylic acids is 1. The number of methoxy groups -OCH3 is 1. The number of hydrogen-bond donors (Lipinski definition) is 1. The van der Waals surface area contributed by atoms with Gasteiger partial charge in [0, 0.05) is 28.0 Å². The van der Waals surface area contributed by atoms with E-state index >= 15 is 0 Å². The molecule has 2 aromatic heterocycles. The van der Waals surface area contributed by atoms with Crippen LogP contribution in [0.4, 0.5) is 11.4 Å². The quantitative estimate of drug-likeness (QED) is 0.714. The molecule has 0 radical (unpaired) electrons. The molecular formula is C18H16ClN3O2. The van der Waals surface area contributed by atoms with Crippen LogP contribution in [0.2, 0.25) is 5.02 Å². The fraction of sp³-hybridized carbons (Fsp3) is 0.167. The van der Waals surface area contributed by atoms with E-state index in [1.807, 2.05) is 38.1 Å². The summed E-state index contributed by atoms with van der Waals surface area (Å²) in [5.41, 5.74) is 4.20. The second kappa shape index (κ2) is 6.45. The van der Waals surface area contributed by atoms with Gasteiger partial charge in [-0.1, -0.05) is 11.6 Å². The maximum atomic E-state index is 12.1. The molecule has 0 saturated carbocycles. The number of carbonyl (C=O) groups is 1. The largest absolute Gasteiger partial charge is 0.465 e. The number of aryl methyl sites for hydroxylation is 2. The molecule has 122 valence electrons. The third kappa shape index (κ3) is 3.03. The van der Waals surface area contributed by atoms with Crippen molar-refractivity contribution in [3.63, 3.8) is 0 Å². The van der Waals surface area contributed by atoms with Gasteiger partial charge in [0.1, 0.15) is 5.56 Å². The maximum absolute atomic E-state index is 12.1. The van der Waals surface area contributed by atoms with E-state index in [0.29, 0.717) is 21.9 Å². The minimum atomic E-state index is -0.459. The third-order valence-electron chi connectivity index (χ3n) is 3.72. The molecule has 0 spiro atoms. The second-order valence-electron chi connectivity index (χ2n) is 5.45. The van der Waals surface area contributed by atoms with Crippen LogP contribution in [0.1, 0.15) is 21.6 Å². The van der Waals surface area contributed by atoms with Crippen LogP contribution in [0.25, 0.3) is 11.0 Å². The van der Waals surface area contributed by atoms with Crippen molar-refractivity contribution in [3.05, 3.63) is 58.4 Å². The number of halogens is 1. The number of pyridine rings is 2. The summed E-state index contributed by atoms with van der Waals surface area (Å²) in [6, 6.07) is 9.29. The number of ether oxygens (including phenoxy) is 1. The van der Waals surface area contributed by atoms with E-state index < -0.39 is 5.97 Å². The highest BCUT2D eigenvalue weighted by atomic mass is 35.5. The molecule has 2 heterocycles. The van der Waals surface area contributed by atoms with Crippen LogP contribution in [0.3, 0.4) is 0 Å². The highest BCUT2D eigenvalue weighted by molar-refractivity contribution is 6.30. The van der Waals surface area contributed by atoms with E-state index in [2.05, 4.69) is 15.3 Å². The Balaban J connectivity index is 2.20. The first kappa shape index (κ1) is 16.2. The zero-order valence-electron chi connectivity index (χ0n) is 13.6. The number of rotatable bonds is 3. The first-order valence-corrected chi connectivity index (χ1v) is 7.75. The van der Waals surface area contributed by atoms with Crippen LogP contribution < -0.4 is 5.32 Å². The van der Waals surface area contributed by atoms with E-state index in [9.17, 15) is 4.79 Å². The molecule has 6 heteroatoms. The first-order valence-electron chi connectivity index (χ1n) is 7.37. The minimum absolute atomic E-state index is 0.352. The molecule has 1 aromatic carbocycles. The van der Waals surface area contributed by atoms with Gasteiger partial charge in [0.15, 0.2) is 5.65 Å². The van der Waals surface area contributed by atoms with Crippen LogP contribution in [-0.2, 0) is 4.74 Å². The van der Waals surface area contributed by atoms with Gasteiger partial charge in [0.05, 0.1) is 12.8 Å². The Bertz CT molecular complexity index is 941. The molecule has 0 atom stereocenters. The molecule has 0 aliphatic carbocycles. The number of aromatic nitrogens is 2. The zero-order valence-corrected chi connectivity index (χ0v) is 14.3. The molecule has 3 rings (SSSR count). The summed E-state index contributed by atoms with van der Waals surface area (Å²) in [5, 5.41) is 4.71. The van der Waals surface area contributed by atoms with Gasteiger partial charge in [-0.25, -0.2) is 14.8 Å². The lowest BCUT2D eigenvalue weighted by molar-refractivity contribution is 0.0601. The number of esters is 1. The summed E-state index contributed by atoms with van der Waals surface area (Å²) in [6.07, 6.45) is 1.48. The van der Waals surface area contributed by atoms with Crippen molar-refractivity contribution >= 4 is 40.0 Å². The second-order valence-corrected chi connectivity index (χ2v) is 5.88. The highest BCUT2D eigenvalue weighted by Crippen LogP contribution is 2.31. The van der Waals surface area contributed by atoms with Gasteiger partial charge in [-0.15, -0.1) is 0 Å². The van der Waals surface area contributed by atoms with Crippen molar-refractivity contribution in [1.82, 2.24) is 9.97 Å². The molecule has 0 amide bonds. The van der Waals surface area contributed by atoms with Crippen molar-refractivity contribution < 1.29 is 9.53 Å². The minimum Gasteiger partial charge on any atom is -0.465 e. The summed E-state index contributed by atoms with van der Waals surface area (Å²) in [4.78, 5) is 20.8. The van der Waals surface area contributed by atoms with Gasteiger partial charge in [-0.3, -0.25) is 0 Å². The maximum Gasteiger partial charge on any atom is 0.341 e. The van der Waals surface area contributed by atoms with Crippen LogP contribution in [0, 0.1) is 13.8 Å². The summed E-state index contributed by atoms with van der Waals surface area (Å²) < 4.78 is 4.88. The van der Waals surface area contributed by atoms with E-state index in [4.69, 9.17) is 16.3 Å². The van der Waals surface area contributed by atoms with Crippen molar-refractivity contribution in [2.45, 2.75) is 13.8 Å². The van der Waals surface area contributed by atoms with Gasteiger partial charge in [0.2, 0.25) is 0 Å². The molecule has 24 heavy (non-hydrogen) atoms. The average molecular weight is 342 g/mol. The number of hydrogen-bond acceptors (Lipinski definition) is 5. The van der Waals surface area contributed by atoms with Crippen LogP contribution in [0.5, 0.6) is 0 Å². The molecule has 0 unspecified atom stereocenters. The number of nitrogens with zero attached hydrogens (tertiary/aromatic N) is 2. The fourth-order valence-corrected chi connectivity index (χ4v) is 2.70. The average Bonchev–Trinajstić information content (AvgIpc) is 2.56. The summed E-state index contributed by atoms with van der Waals surface area (Å²) in [5.74, 6) is -0.459. The Kier molecular flexibility index (Phi) is 4.36. The van der Waals surface area contributed by atoms with Crippen molar-refractivity contribution in [2.24, 2.45) is 0 Å². The SMILES string of the molecule is COC(=O)c1cnc2nc(C)ccc2c1Nc1ccc(Cl)cc1C. The lowest BCUT2D eigenvalue weighted by Gasteiger charge is -2.15. The molecule has 1 N–H and O–H groups in total. The molecule has 0 fully saturated rings. The molecule has 3 aromatic rings. The molecular weight excluding hydrogens is 326 g/mol. The molecule has 5 nitrogen and oxygen atoms in total. The van der Waals surface area contributed by atoms with Crippen molar-refractivity contribution in [1.29, 1.82) is 0 Å². The van der Waals surface area contributed by atoms with Gasteiger partial charge < -0.3 is 10.1 Å². The first-order chi connectivity index (χ1) is 11.5. The van der Waals surface area contributed by atoms with E-state index in [-0.39, 0.29) is 0 Å². The topological polar surface area (TPSA) is 64.1 Å². The van der Waals surface area contributed by atoms with Crippen molar-refractivity contribution in [2.75, 3.05) is 12.4 Å². The molecule has 0 saturated heterocycles. The Hall–Kier alpha value is -2.66. The predicted octanol–water partition coefficient (Wildman–Crippen LogP) is 4.43. The summed E-state index contributed by atoms with van der Waals surface area (Å²) in [7, 11) is 1.34. The number of anilines is 2. The zero-order chi connectivity index (χ0) is 17.3. The van der Waals surface area contributed by atoms with Gasteiger partial charge in [0.25, 0.3) is 0 Å². The Morgan fingerprint density at radius 1 is 1.21 bits per heavy atom. The Labute approximate surface area is 144 Å². The van der Waals surface area contributed by atoms with Gasteiger partial charge in [-0.2, -0.15) is 0 Å². The van der Waals surface area contributed by atoms with Gasteiger partial charge in [-0.05, 0) is 49.7 Å². The van der Waals surface area contributed by atoms with Crippen LogP contribution in [-0.4, -0.2) is 23.0 Å². The highest BCUT2D eigenvalue weighted by Gasteiger charge is 2.17. The summed E-state index contributed by atoms with van der Waals surface area (Å²) >= 11 is 6.01. The molecule has 0 aliphatic rings. The lowest BCUT2D eigenvalue weighted by Crippen LogP contribution is -2.08. The van der Waals surface area contributed by atoms with E-state index in [0.717, 1.165) is 22.3 Å². The standard InChI is InChI=1S/C18H16ClN3O2/c1-10-8-12(19)5-7-15(10)22-16-13-6-4-11(2)21-17(13)20-9-14(16)18(23)24-3/h4-9H,1-3H3,(H,20,21,22). The molecule has 0 aliphatic heterocycles. The van der Waals surface area contributed by atoms with Gasteiger partial charge >= 0.3 is 5.97 Å². The number of fused-ring (bicyclic) bond motifs is 1. The summed E-state index contributed by atoms with van der Waals surface area (Å²) in [6.45, 7) is 3.84. The van der Waals surface area contributed by atoms with Crippen LogP contribution >= 0.6 is 11.6 Å². The lowest BCUT2D eigenvalue weighted by atomic mass is 10.1. The molecule has 0 bridgehead atoms. The predicted molar refractivity (Wildman–Crippen MR) is 95.1 cm³/mol. The third-order valence-corrected chi connectivity index (χ3v) is 3.96. The van der Waals surface area contributed by atoms with Crippen LogP contribution in [0.15, 0.2) is 36.5 Å². The van der Waals surface area contributed by atoms with E-state index in [1.54, 1.807) is 6.07 Å². The van der Waals surface area contributed by atoms with Crippen molar-refractivity contribution in [3.8, 4) is 0 Å². The fourth-order valence-electron chi connectivity index (χ4n) is 2.47. The Morgan fingerprint density at radius 3 is 2.71 bits per heavy atom. The monoisotopic (exact) mass is 341 g/mol.